The van der Waals surface area contributed by atoms with Crippen molar-refractivity contribution in [2.24, 2.45) is 0 Å². The fraction of sp³-hybridized carbons (Fsp3) is 0.333. The molecule has 0 saturated carbocycles. The minimum atomic E-state index is -0.478. The van der Waals surface area contributed by atoms with Gasteiger partial charge in [-0.25, -0.2) is 9.67 Å². The lowest BCUT2D eigenvalue weighted by molar-refractivity contribution is -0.380. The van der Waals surface area contributed by atoms with Crippen LogP contribution in [0.15, 0.2) is 30.6 Å². The molecule has 0 spiro atoms. The largest absolute Gasteiger partial charge is 0.352 e. The van der Waals surface area contributed by atoms with Gasteiger partial charge in [0.25, 0.3) is 5.91 Å². The average molecular weight is 413 g/mol. The molecule has 1 aliphatic rings. The van der Waals surface area contributed by atoms with Crippen LogP contribution in [-0.4, -0.2) is 61.7 Å². The quantitative estimate of drug-likeness (QED) is 0.476. The van der Waals surface area contributed by atoms with Gasteiger partial charge in [0.1, 0.15) is 5.82 Å². The molecule has 11 heteroatoms. The Bertz CT molecular complexity index is 1070. The highest BCUT2D eigenvalue weighted by Crippen LogP contribution is 2.26. The predicted molar refractivity (Wildman–Crippen MR) is 108 cm³/mol. The Balaban J connectivity index is 1.44. The average Bonchev–Trinajstić information content (AvgIpc) is 3.34. The third kappa shape index (κ3) is 3.81. The lowest BCUT2D eigenvalue weighted by Gasteiger charge is -2.35. The molecule has 4 heterocycles. The highest BCUT2D eigenvalue weighted by atomic mass is 32.1. The molecule has 0 aromatic carbocycles. The second-order valence-electron chi connectivity index (χ2n) is 6.75. The number of nitro groups is 1. The molecule has 3 aromatic rings. The first-order valence-corrected chi connectivity index (χ1v) is 9.88. The summed E-state index contributed by atoms with van der Waals surface area (Å²) in [6, 6.07) is 4.86. The first kappa shape index (κ1) is 19.0. The number of nitrogens with zero attached hydrogens (tertiary/aromatic N) is 7. The molecule has 0 bridgehead atoms. The molecule has 150 valence electrons. The van der Waals surface area contributed by atoms with Crippen LogP contribution < -0.4 is 4.90 Å². The van der Waals surface area contributed by atoms with E-state index in [1.54, 1.807) is 22.0 Å². The summed E-state index contributed by atoms with van der Waals surface area (Å²) >= 11 is 0.907. The van der Waals surface area contributed by atoms with Gasteiger partial charge in [-0.05, 0) is 26.0 Å². The number of aromatic nitrogens is 4. The van der Waals surface area contributed by atoms with E-state index in [2.05, 4.69) is 20.0 Å². The van der Waals surface area contributed by atoms with Gasteiger partial charge in [-0.15, -0.1) is 0 Å². The minimum Gasteiger partial charge on any atom is -0.352 e. The highest BCUT2D eigenvalue weighted by molar-refractivity contribution is 7.17. The molecule has 0 aliphatic carbocycles. The van der Waals surface area contributed by atoms with Gasteiger partial charge < -0.3 is 9.80 Å². The fourth-order valence-corrected chi connectivity index (χ4v) is 4.08. The number of anilines is 1. The van der Waals surface area contributed by atoms with Crippen molar-refractivity contribution in [2.75, 3.05) is 31.1 Å². The summed E-state index contributed by atoms with van der Waals surface area (Å²) in [5.74, 6) is 1.21. The van der Waals surface area contributed by atoms with Gasteiger partial charge in [0, 0.05) is 37.9 Å². The van der Waals surface area contributed by atoms with Crippen LogP contribution in [0.3, 0.4) is 0 Å². The van der Waals surface area contributed by atoms with E-state index in [-0.39, 0.29) is 10.9 Å². The van der Waals surface area contributed by atoms with E-state index in [1.807, 2.05) is 19.9 Å². The zero-order chi connectivity index (χ0) is 20.5. The van der Waals surface area contributed by atoms with Gasteiger partial charge in [0.15, 0.2) is 5.82 Å². The molecule has 10 nitrogen and oxygen atoms in total. The van der Waals surface area contributed by atoms with Crippen molar-refractivity contribution < 1.29 is 9.72 Å². The molecule has 0 unspecified atom stereocenters. The van der Waals surface area contributed by atoms with E-state index in [9.17, 15) is 14.9 Å². The van der Waals surface area contributed by atoms with E-state index in [0.29, 0.717) is 36.9 Å². The number of thiophene rings is 1. The van der Waals surface area contributed by atoms with E-state index < -0.39 is 4.92 Å². The summed E-state index contributed by atoms with van der Waals surface area (Å²) in [6.45, 7) is 6.13. The fourth-order valence-electron chi connectivity index (χ4n) is 3.30. The van der Waals surface area contributed by atoms with Crippen molar-refractivity contribution >= 4 is 28.1 Å². The second-order valence-corrected chi connectivity index (χ2v) is 7.81. The first-order chi connectivity index (χ1) is 13.9. The summed E-state index contributed by atoms with van der Waals surface area (Å²) in [4.78, 5) is 36.1. The Morgan fingerprint density at radius 1 is 1.14 bits per heavy atom. The number of piperazine rings is 1. The van der Waals surface area contributed by atoms with Crippen LogP contribution in [-0.2, 0) is 0 Å². The van der Waals surface area contributed by atoms with Crippen LogP contribution in [0.25, 0.3) is 5.82 Å². The van der Waals surface area contributed by atoms with Crippen molar-refractivity contribution in [3.05, 3.63) is 57.0 Å². The van der Waals surface area contributed by atoms with Gasteiger partial charge in [0.2, 0.25) is 0 Å². The van der Waals surface area contributed by atoms with Crippen LogP contribution in [0.2, 0.25) is 0 Å². The maximum atomic E-state index is 12.6. The third-order valence-corrected chi connectivity index (χ3v) is 5.73. The molecule has 0 atom stereocenters. The van der Waals surface area contributed by atoms with Crippen molar-refractivity contribution in [1.29, 1.82) is 0 Å². The van der Waals surface area contributed by atoms with Crippen molar-refractivity contribution in [1.82, 2.24) is 24.6 Å². The SMILES string of the molecule is Cc1cc(C)n(-c2cncc(N3CCN(C(=O)c4ccc([N+](=O)[O-])s4)CC3)n2)n1. The van der Waals surface area contributed by atoms with Gasteiger partial charge in [-0.2, -0.15) is 5.10 Å². The van der Waals surface area contributed by atoms with E-state index in [4.69, 9.17) is 0 Å². The number of carbonyl (C=O) groups excluding carboxylic acids is 1. The summed E-state index contributed by atoms with van der Waals surface area (Å²) < 4.78 is 1.76. The standard InChI is InChI=1S/C18H19N7O3S/c1-12-9-13(2)24(21-12)16-11-19-10-15(20-16)22-5-7-23(8-6-22)18(26)14-3-4-17(29-14)25(27)28/h3-4,9-11H,5-8H2,1-2H3. The van der Waals surface area contributed by atoms with Crippen LogP contribution >= 0.6 is 11.3 Å². The predicted octanol–water partition coefficient (Wildman–Crippen LogP) is 2.21. The lowest BCUT2D eigenvalue weighted by Crippen LogP contribution is -2.49. The van der Waals surface area contributed by atoms with Gasteiger partial charge in [0.05, 0.1) is 27.9 Å². The number of amides is 1. The third-order valence-electron chi connectivity index (χ3n) is 4.71. The first-order valence-electron chi connectivity index (χ1n) is 9.06. The Morgan fingerprint density at radius 3 is 2.48 bits per heavy atom. The number of rotatable bonds is 4. The van der Waals surface area contributed by atoms with Gasteiger partial charge >= 0.3 is 5.00 Å². The summed E-state index contributed by atoms with van der Waals surface area (Å²) in [5.41, 5.74) is 1.89. The van der Waals surface area contributed by atoms with Crippen LogP contribution in [0.4, 0.5) is 10.8 Å². The van der Waals surface area contributed by atoms with Gasteiger partial charge in [-0.3, -0.25) is 19.9 Å². The molecular formula is C18H19N7O3S. The van der Waals surface area contributed by atoms with Crippen LogP contribution in [0.5, 0.6) is 0 Å². The zero-order valence-electron chi connectivity index (χ0n) is 16.0. The Morgan fingerprint density at radius 2 is 1.86 bits per heavy atom. The normalized spacial score (nSPS) is 14.3. The van der Waals surface area contributed by atoms with Crippen LogP contribution in [0, 0.1) is 24.0 Å². The lowest BCUT2D eigenvalue weighted by atomic mass is 10.3. The van der Waals surface area contributed by atoms with Crippen molar-refractivity contribution in [3.63, 3.8) is 0 Å². The molecule has 29 heavy (non-hydrogen) atoms. The summed E-state index contributed by atoms with van der Waals surface area (Å²) in [6.07, 6.45) is 3.38. The molecule has 1 aliphatic heterocycles. The minimum absolute atomic E-state index is 0.0248. The zero-order valence-corrected chi connectivity index (χ0v) is 16.8. The number of hydrogen-bond acceptors (Lipinski definition) is 8. The summed E-state index contributed by atoms with van der Waals surface area (Å²) in [5, 5.41) is 15.3. The van der Waals surface area contributed by atoms with E-state index >= 15 is 0 Å². The number of carbonyl (C=O) groups is 1. The maximum absolute atomic E-state index is 12.6. The molecular weight excluding hydrogens is 394 g/mol. The highest BCUT2D eigenvalue weighted by Gasteiger charge is 2.25. The molecule has 1 fully saturated rings. The van der Waals surface area contributed by atoms with Crippen LogP contribution in [0.1, 0.15) is 21.1 Å². The molecule has 0 radical (unpaired) electrons. The monoisotopic (exact) mass is 413 g/mol. The van der Waals surface area contributed by atoms with Gasteiger partial charge in [-0.1, -0.05) is 11.3 Å². The number of hydrogen-bond donors (Lipinski definition) is 0. The molecule has 3 aromatic heterocycles. The summed E-state index contributed by atoms with van der Waals surface area (Å²) in [7, 11) is 0. The topological polar surface area (TPSA) is 110 Å². The van der Waals surface area contributed by atoms with E-state index in [0.717, 1.165) is 28.5 Å². The Labute approximate surface area is 170 Å². The smallest absolute Gasteiger partial charge is 0.324 e. The van der Waals surface area contributed by atoms with Crippen molar-refractivity contribution in [2.45, 2.75) is 13.8 Å². The Hall–Kier alpha value is -3.34. The molecule has 0 N–H and O–H groups in total. The molecule has 1 amide bonds. The Kier molecular flexibility index (Phi) is 4.97. The second kappa shape index (κ2) is 7.59. The maximum Gasteiger partial charge on any atom is 0.324 e. The molecule has 4 rings (SSSR count). The molecule has 1 saturated heterocycles. The van der Waals surface area contributed by atoms with E-state index in [1.165, 1.54) is 12.1 Å². The van der Waals surface area contributed by atoms with Crippen molar-refractivity contribution in [3.8, 4) is 5.82 Å². The number of aryl methyl sites for hydroxylation is 2.